The van der Waals surface area contributed by atoms with Gasteiger partial charge in [0.25, 0.3) is 0 Å². The topological polar surface area (TPSA) is 30.0 Å². The number of rotatable bonds is 3. The van der Waals surface area contributed by atoms with Gasteiger partial charge in [0.15, 0.2) is 0 Å². The van der Waals surface area contributed by atoms with Gasteiger partial charge in [-0.3, -0.25) is 4.98 Å². The van der Waals surface area contributed by atoms with Gasteiger partial charge < -0.3 is 4.79 Å². The smallest absolute Gasteiger partial charge is 0.124 e. The third kappa shape index (κ3) is 2.36. The molecule has 3 heteroatoms. The van der Waals surface area contributed by atoms with Gasteiger partial charge in [0, 0.05) is 22.7 Å². The molecule has 2 aromatic rings. The molecule has 0 bridgehead atoms. The number of aromatic nitrogens is 1. The first kappa shape index (κ1) is 11.0. The van der Waals surface area contributed by atoms with Gasteiger partial charge in [-0.1, -0.05) is 34.1 Å². The van der Waals surface area contributed by atoms with Crippen LogP contribution in [-0.2, 0) is 11.2 Å². The number of benzene rings is 1. The lowest BCUT2D eigenvalue weighted by atomic mass is 10.0. The third-order valence-corrected chi connectivity index (χ3v) is 2.84. The fraction of sp³-hybridized carbons (Fsp3) is 0.0769. The summed E-state index contributed by atoms with van der Waals surface area (Å²) in [5, 5.41) is 0. The molecule has 0 unspecified atom stereocenters. The van der Waals surface area contributed by atoms with Crippen LogP contribution in [0.3, 0.4) is 0 Å². The Balaban J connectivity index is 2.46. The maximum Gasteiger partial charge on any atom is 0.124 e. The number of carbonyl (C=O) groups is 1. The fourth-order valence-corrected chi connectivity index (χ4v) is 1.83. The predicted molar refractivity (Wildman–Crippen MR) is 67.1 cm³/mol. The van der Waals surface area contributed by atoms with Crippen LogP contribution in [0.15, 0.2) is 47.1 Å². The van der Waals surface area contributed by atoms with Gasteiger partial charge in [-0.25, -0.2) is 0 Å². The average molecular weight is 276 g/mol. The molecular weight excluding hydrogens is 266 g/mol. The first-order valence-corrected chi connectivity index (χ1v) is 5.74. The van der Waals surface area contributed by atoms with Crippen molar-refractivity contribution in [1.82, 2.24) is 4.98 Å². The summed E-state index contributed by atoms with van der Waals surface area (Å²) in [5.41, 5.74) is 2.86. The van der Waals surface area contributed by atoms with Crippen LogP contribution in [0.4, 0.5) is 0 Å². The predicted octanol–water partition coefficient (Wildman–Crippen LogP) is 3.25. The molecule has 0 saturated heterocycles. The number of hydrogen-bond donors (Lipinski definition) is 0. The fourth-order valence-electron chi connectivity index (χ4n) is 1.56. The summed E-state index contributed by atoms with van der Waals surface area (Å²) >= 11 is 3.39. The number of halogens is 1. The molecule has 2 nitrogen and oxygen atoms in total. The Morgan fingerprint density at radius 2 is 1.94 bits per heavy atom. The van der Waals surface area contributed by atoms with Crippen molar-refractivity contribution in [3.05, 3.63) is 52.6 Å². The second kappa shape index (κ2) is 5.03. The minimum atomic E-state index is 0.402. The highest BCUT2D eigenvalue weighted by Gasteiger charge is 2.05. The van der Waals surface area contributed by atoms with Gasteiger partial charge in [0.1, 0.15) is 6.29 Å². The van der Waals surface area contributed by atoms with Crippen LogP contribution in [0.2, 0.25) is 0 Å². The van der Waals surface area contributed by atoms with E-state index in [4.69, 9.17) is 0 Å². The molecule has 0 saturated carbocycles. The van der Waals surface area contributed by atoms with E-state index in [2.05, 4.69) is 20.9 Å². The molecule has 0 N–H and O–H groups in total. The van der Waals surface area contributed by atoms with E-state index in [9.17, 15) is 4.79 Å². The molecule has 0 atom stereocenters. The summed E-state index contributed by atoms with van der Waals surface area (Å²) in [6.07, 6.45) is 3.05. The van der Waals surface area contributed by atoms with E-state index in [1.165, 1.54) is 0 Å². The van der Waals surface area contributed by atoms with Crippen molar-refractivity contribution >= 4 is 22.2 Å². The molecule has 0 amide bonds. The van der Waals surface area contributed by atoms with Crippen molar-refractivity contribution in [3.63, 3.8) is 0 Å². The van der Waals surface area contributed by atoms with Crippen molar-refractivity contribution in [2.24, 2.45) is 0 Å². The van der Waals surface area contributed by atoms with Crippen LogP contribution < -0.4 is 0 Å². The molecule has 1 aromatic carbocycles. The van der Waals surface area contributed by atoms with Crippen LogP contribution >= 0.6 is 15.9 Å². The molecule has 80 valence electrons. The monoisotopic (exact) mass is 275 g/mol. The molecular formula is C13H10BrNO. The molecule has 0 spiro atoms. The third-order valence-electron chi connectivity index (χ3n) is 2.31. The van der Waals surface area contributed by atoms with Crippen LogP contribution in [0, 0.1) is 0 Å². The highest BCUT2D eigenvalue weighted by atomic mass is 79.9. The van der Waals surface area contributed by atoms with Crippen molar-refractivity contribution in [2.75, 3.05) is 0 Å². The quantitative estimate of drug-likeness (QED) is 0.805. The number of hydrogen-bond acceptors (Lipinski definition) is 2. The van der Waals surface area contributed by atoms with E-state index >= 15 is 0 Å². The van der Waals surface area contributed by atoms with Crippen molar-refractivity contribution in [3.8, 4) is 11.3 Å². The van der Waals surface area contributed by atoms with E-state index in [0.717, 1.165) is 27.6 Å². The maximum atomic E-state index is 10.6. The largest absolute Gasteiger partial charge is 0.303 e. The summed E-state index contributed by atoms with van der Waals surface area (Å²) < 4.78 is 1.03. The molecule has 1 heterocycles. The second-order valence-corrected chi connectivity index (χ2v) is 4.30. The first-order chi connectivity index (χ1) is 7.81. The lowest BCUT2D eigenvalue weighted by Crippen LogP contribution is -1.93. The molecule has 0 aliphatic carbocycles. The zero-order valence-corrected chi connectivity index (χ0v) is 10.1. The first-order valence-electron chi connectivity index (χ1n) is 4.95. The van der Waals surface area contributed by atoms with Crippen molar-refractivity contribution in [2.45, 2.75) is 6.42 Å². The number of nitrogens with zero attached hydrogens (tertiary/aromatic N) is 1. The van der Waals surface area contributed by atoms with Gasteiger partial charge in [-0.15, -0.1) is 0 Å². The van der Waals surface area contributed by atoms with Crippen LogP contribution in [0.25, 0.3) is 11.3 Å². The molecule has 16 heavy (non-hydrogen) atoms. The van der Waals surface area contributed by atoms with Crippen molar-refractivity contribution in [1.29, 1.82) is 0 Å². The van der Waals surface area contributed by atoms with E-state index < -0.39 is 0 Å². The Bertz CT molecular complexity index is 494. The van der Waals surface area contributed by atoms with Gasteiger partial charge in [-0.05, 0) is 23.8 Å². The Morgan fingerprint density at radius 3 is 2.62 bits per heavy atom. The van der Waals surface area contributed by atoms with E-state index in [1.54, 1.807) is 6.20 Å². The molecule has 0 aliphatic rings. The lowest BCUT2D eigenvalue weighted by Gasteiger charge is -2.05. The van der Waals surface area contributed by atoms with E-state index in [-0.39, 0.29) is 0 Å². The summed E-state index contributed by atoms with van der Waals surface area (Å²) in [6, 6.07) is 11.7. The van der Waals surface area contributed by atoms with Crippen LogP contribution in [-0.4, -0.2) is 11.3 Å². The maximum absolute atomic E-state index is 10.6. The summed E-state index contributed by atoms with van der Waals surface area (Å²) in [4.78, 5) is 14.9. The van der Waals surface area contributed by atoms with Gasteiger partial charge in [0.2, 0.25) is 0 Å². The zero-order chi connectivity index (χ0) is 11.4. The highest BCUT2D eigenvalue weighted by Crippen LogP contribution is 2.23. The second-order valence-electron chi connectivity index (χ2n) is 3.39. The van der Waals surface area contributed by atoms with Gasteiger partial charge >= 0.3 is 0 Å². The summed E-state index contributed by atoms with van der Waals surface area (Å²) in [6.45, 7) is 0. The van der Waals surface area contributed by atoms with E-state index in [0.29, 0.717) is 6.42 Å². The van der Waals surface area contributed by atoms with Crippen molar-refractivity contribution < 1.29 is 4.79 Å². The number of aldehydes is 1. The normalized spacial score (nSPS) is 10.1. The minimum absolute atomic E-state index is 0.402. The molecule has 0 fully saturated rings. The SMILES string of the molecule is O=CCc1cccnc1-c1ccc(Br)cc1. The minimum Gasteiger partial charge on any atom is -0.303 e. The average Bonchev–Trinajstić information content (AvgIpc) is 2.32. The Kier molecular flexibility index (Phi) is 3.47. The lowest BCUT2D eigenvalue weighted by molar-refractivity contribution is -0.107. The van der Waals surface area contributed by atoms with Crippen LogP contribution in [0.5, 0.6) is 0 Å². The van der Waals surface area contributed by atoms with Gasteiger partial charge in [0.05, 0.1) is 5.69 Å². The van der Waals surface area contributed by atoms with Crippen LogP contribution in [0.1, 0.15) is 5.56 Å². The highest BCUT2D eigenvalue weighted by molar-refractivity contribution is 9.10. The molecule has 0 radical (unpaired) electrons. The Hall–Kier alpha value is -1.48. The zero-order valence-electron chi connectivity index (χ0n) is 8.56. The molecule has 1 aromatic heterocycles. The standard InChI is InChI=1S/C13H10BrNO/c14-12-5-3-11(4-6-12)13-10(7-9-16)2-1-8-15-13/h1-6,8-9H,7H2. The summed E-state index contributed by atoms with van der Waals surface area (Å²) in [7, 11) is 0. The molecule has 2 rings (SSSR count). The van der Waals surface area contributed by atoms with E-state index in [1.807, 2.05) is 36.4 Å². The molecule has 0 aliphatic heterocycles. The number of pyridine rings is 1. The number of carbonyl (C=O) groups excluding carboxylic acids is 1. The summed E-state index contributed by atoms with van der Waals surface area (Å²) in [5.74, 6) is 0. The van der Waals surface area contributed by atoms with Gasteiger partial charge in [-0.2, -0.15) is 0 Å². The Labute approximate surface area is 102 Å². The Morgan fingerprint density at radius 1 is 1.19 bits per heavy atom.